The molecule has 2 nitrogen and oxygen atoms in total. The fraction of sp³-hybridized carbons (Fsp3) is 0.0714. The maximum atomic E-state index is 13.7. The Morgan fingerprint density at radius 1 is 1.15 bits per heavy atom. The van der Waals surface area contributed by atoms with Gasteiger partial charge >= 0.3 is 0 Å². The highest BCUT2D eigenvalue weighted by molar-refractivity contribution is 9.10. The molecule has 104 valence electrons. The van der Waals surface area contributed by atoms with Crippen LogP contribution in [-0.4, -0.2) is 5.11 Å². The summed E-state index contributed by atoms with van der Waals surface area (Å²) in [4.78, 5) is 0. The summed E-state index contributed by atoms with van der Waals surface area (Å²) in [5.41, 5.74) is 2.09. The second-order valence-electron chi connectivity index (χ2n) is 4.16. The largest absolute Gasteiger partial charge is 0.332 e. The molecule has 0 aliphatic carbocycles. The molecule has 0 amide bonds. The monoisotopic (exact) mass is 372 g/mol. The predicted molar refractivity (Wildman–Crippen MR) is 90.1 cm³/mol. The van der Waals surface area contributed by atoms with Crippen molar-refractivity contribution in [1.29, 1.82) is 0 Å². The molecule has 0 saturated carbocycles. The summed E-state index contributed by atoms with van der Waals surface area (Å²) >= 11 is 14.3. The zero-order valence-electron chi connectivity index (χ0n) is 10.5. The first-order valence-corrected chi connectivity index (χ1v) is 7.33. The van der Waals surface area contributed by atoms with Crippen LogP contribution in [0.15, 0.2) is 40.9 Å². The number of hydrogen-bond donors (Lipinski definition) is 2. The summed E-state index contributed by atoms with van der Waals surface area (Å²) in [6.07, 6.45) is 0. The van der Waals surface area contributed by atoms with Crippen molar-refractivity contribution in [3.05, 3.63) is 57.3 Å². The van der Waals surface area contributed by atoms with E-state index in [1.807, 2.05) is 13.0 Å². The average Bonchev–Trinajstić information content (AvgIpc) is 2.37. The van der Waals surface area contributed by atoms with Crippen molar-refractivity contribution < 1.29 is 4.39 Å². The van der Waals surface area contributed by atoms with Crippen LogP contribution in [0.2, 0.25) is 5.02 Å². The lowest BCUT2D eigenvalue weighted by atomic mass is 10.2. The normalized spacial score (nSPS) is 10.2. The van der Waals surface area contributed by atoms with Crippen LogP contribution in [0, 0.1) is 12.7 Å². The highest BCUT2D eigenvalue weighted by atomic mass is 79.9. The molecule has 2 aromatic rings. The first-order chi connectivity index (χ1) is 9.45. The van der Waals surface area contributed by atoms with Gasteiger partial charge in [0, 0.05) is 15.2 Å². The fourth-order valence-corrected chi connectivity index (χ4v) is 2.32. The first kappa shape index (κ1) is 15.2. The standard InChI is InChI=1S/C14H11BrClFN2S/c1-8-2-4-10(16)7-13(8)19-14(20)18-12-5-3-9(15)6-11(12)17/h2-7H,1H3,(H2,18,19,20). The molecule has 0 heterocycles. The van der Waals surface area contributed by atoms with E-state index < -0.39 is 0 Å². The quantitative estimate of drug-likeness (QED) is 0.693. The van der Waals surface area contributed by atoms with Crippen molar-refractivity contribution in [2.24, 2.45) is 0 Å². The van der Waals surface area contributed by atoms with Crippen LogP contribution in [-0.2, 0) is 0 Å². The molecule has 0 unspecified atom stereocenters. The summed E-state index contributed by atoms with van der Waals surface area (Å²) < 4.78 is 14.4. The summed E-state index contributed by atoms with van der Waals surface area (Å²) in [6.45, 7) is 1.93. The van der Waals surface area contributed by atoms with Crippen LogP contribution in [0.1, 0.15) is 5.56 Å². The highest BCUT2D eigenvalue weighted by Gasteiger charge is 2.06. The molecular weight excluding hydrogens is 363 g/mol. The average molecular weight is 374 g/mol. The SMILES string of the molecule is Cc1ccc(Cl)cc1NC(=S)Nc1ccc(Br)cc1F. The van der Waals surface area contributed by atoms with Gasteiger partial charge in [-0.3, -0.25) is 0 Å². The van der Waals surface area contributed by atoms with Crippen LogP contribution in [0.25, 0.3) is 0 Å². The Labute approximate surface area is 135 Å². The lowest BCUT2D eigenvalue weighted by Crippen LogP contribution is -2.20. The maximum Gasteiger partial charge on any atom is 0.175 e. The van der Waals surface area contributed by atoms with E-state index in [-0.39, 0.29) is 5.82 Å². The second kappa shape index (κ2) is 6.52. The third-order valence-corrected chi connectivity index (χ3v) is 3.56. The van der Waals surface area contributed by atoms with Gasteiger partial charge in [0.2, 0.25) is 0 Å². The van der Waals surface area contributed by atoms with Gasteiger partial charge in [-0.25, -0.2) is 4.39 Å². The topological polar surface area (TPSA) is 24.1 Å². The van der Waals surface area contributed by atoms with Gasteiger partial charge in [0.1, 0.15) is 5.82 Å². The van der Waals surface area contributed by atoms with Crippen LogP contribution in [0.3, 0.4) is 0 Å². The van der Waals surface area contributed by atoms with E-state index in [2.05, 4.69) is 26.6 Å². The number of hydrogen-bond acceptors (Lipinski definition) is 1. The van der Waals surface area contributed by atoms with E-state index in [1.165, 1.54) is 6.07 Å². The number of aryl methyl sites for hydroxylation is 1. The number of nitrogens with one attached hydrogen (secondary N) is 2. The van der Waals surface area contributed by atoms with Gasteiger partial charge in [-0.1, -0.05) is 33.6 Å². The molecule has 6 heteroatoms. The third kappa shape index (κ3) is 3.91. The molecule has 0 aliphatic heterocycles. The van der Waals surface area contributed by atoms with Crippen molar-refractivity contribution in [2.75, 3.05) is 10.6 Å². The Balaban J connectivity index is 2.11. The van der Waals surface area contributed by atoms with Crippen molar-refractivity contribution in [3.63, 3.8) is 0 Å². The van der Waals surface area contributed by atoms with E-state index in [0.717, 1.165) is 11.3 Å². The van der Waals surface area contributed by atoms with Crippen molar-refractivity contribution in [3.8, 4) is 0 Å². The van der Waals surface area contributed by atoms with E-state index in [4.69, 9.17) is 23.8 Å². The number of thiocarbonyl (C=S) groups is 1. The second-order valence-corrected chi connectivity index (χ2v) is 5.92. The van der Waals surface area contributed by atoms with Gasteiger partial charge in [0.15, 0.2) is 5.11 Å². The summed E-state index contributed by atoms with van der Waals surface area (Å²) in [5.74, 6) is -0.383. The Kier molecular flexibility index (Phi) is 4.96. The van der Waals surface area contributed by atoms with Gasteiger partial charge in [-0.2, -0.15) is 0 Å². The first-order valence-electron chi connectivity index (χ1n) is 5.75. The van der Waals surface area contributed by atoms with Crippen LogP contribution >= 0.6 is 39.7 Å². The minimum atomic E-state index is -0.383. The number of anilines is 2. The molecule has 2 aromatic carbocycles. The van der Waals surface area contributed by atoms with Gasteiger partial charge in [0.25, 0.3) is 0 Å². The molecule has 0 atom stereocenters. The molecule has 0 saturated heterocycles. The molecule has 0 bridgehead atoms. The minimum absolute atomic E-state index is 0.302. The van der Waals surface area contributed by atoms with Crippen LogP contribution in [0.4, 0.5) is 15.8 Å². The summed E-state index contributed by atoms with van der Waals surface area (Å²) in [5, 5.41) is 6.72. The molecule has 20 heavy (non-hydrogen) atoms. The molecule has 2 N–H and O–H groups in total. The molecular formula is C14H11BrClFN2S. The maximum absolute atomic E-state index is 13.7. The van der Waals surface area contributed by atoms with Crippen molar-refractivity contribution in [2.45, 2.75) is 6.92 Å². The Hall–Kier alpha value is -1.17. The van der Waals surface area contributed by atoms with Gasteiger partial charge < -0.3 is 10.6 Å². The van der Waals surface area contributed by atoms with E-state index >= 15 is 0 Å². The number of benzene rings is 2. The number of halogens is 3. The molecule has 0 aromatic heterocycles. The zero-order chi connectivity index (χ0) is 14.7. The minimum Gasteiger partial charge on any atom is -0.332 e. The summed E-state index contributed by atoms with van der Waals surface area (Å²) in [7, 11) is 0. The Morgan fingerprint density at radius 3 is 2.55 bits per heavy atom. The van der Waals surface area contributed by atoms with Crippen molar-refractivity contribution in [1.82, 2.24) is 0 Å². The van der Waals surface area contributed by atoms with Crippen LogP contribution < -0.4 is 10.6 Å². The van der Waals surface area contributed by atoms with E-state index in [0.29, 0.717) is 20.3 Å². The lowest BCUT2D eigenvalue weighted by molar-refractivity contribution is 0.631. The Morgan fingerprint density at radius 2 is 1.85 bits per heavy atom. The molecule has 2 rings (SSSR count). The summed E-state index contributed by atoms with van der Waals surface area (Å²) in [6, 6.07) is 10.2. The van der Waals surface area contributed by atoms with Gasteiger partial charge in [-0.15, -0.1) is 0 Å². The van der Waals surface area contributed by atoms with Crippen molar-refractivity contribution >= 4 is 56.2 Å². The van der Waals surface area contributed by atoms with Gasteiger partial charge in [0.05, 0.1) is 5.69 Å². The van der Waals surface area contributed by atoms with Gasteiger partial charge in [-0.05, 0) is 55.0 Å². The molecule has 0 fully saturated rings. The molecule has 0 spiro atoms. The van der Waals surface area contributed by atoms with E-state index in [1.54, 1.807) is 24.3 Å². The molecule has 0 aliphatic rings. The highest BCUT2D eigenvalue weighted by Crippen LogP contribution is 2.22. The van der Waals surface area contributed by atoms with Crippen LogP contribution in [0.5, 0.6) is 0 Å². The third-order valence-electron chi connectivity index (χ3n) is 2.63. The number of rotatable bonds is 2. The zero-order valence-corrected chi connectivity index (χ0v) is 13.7. The van der Waals surface area contributed by atoms with E-state index in [9.17, 15) is 4.39 Å². The molecule has 0 radical (unpaired) electrons. The fourth-order valence-electron chi connectivity index (χ4n) is 1.60. The smallest absolute Gasteiger partial charge is 0.175 e. The lowest BCUT2D eigenvalue weighted by Gasteiger charge is -2.13. The predicted octanol–water partition coefficient (Wildman–Crippen LogP) is 5.36. The Bertz CT molecular complexity index is 664.